The Labute approximate surface area is 178 Å². The van der Waals surface area contributed by atoms with E-state index in [1.807, 2.05) is 12.1 Å². The van der Waals surface area contributed by atoms with Crippen molar-refractivity contribution in [3.05, 3.63) is 71.3 Å². The summed E-state index contributed by atoms with van der Waals surface area (Å²) in [6.45, 7) is 3.17. The quantitative estimate of drug-likeness (QED) is 0.703. The third-order valence-corrected chi connectivity index (χ3v) is 7.99. The first-order valence-electron chi connectivity index (χ1n) is 10.8. The van der Waals surface area contributed by atoms with Crippen LogP contribution in [0.5, 0.6) is 0 Å². The zero-order valence-electron chi connectivity index (χ0n) is 17.2. The molecular weight excluding hydrogens is 396 g/mol. The number of allylic oxidation sites excluding steroid dienone is 2. The lowest BCUT2D eigenvalue weighted by molar-refractivity contribution is 0.114. The number of nitrogens with one attached hydrogen (secondary N) is 2. The topological polar surface area (TPSA) is 67.4 Å². The van der Waals surface area contributed by atoms with Crippen molar-refractivity contribution >= 4 is 15.7 Å². The van der Waals surface area contributed by atoms with Gasteiger partial charge in [0.25, 0.3) is 0 Å². The van der Waals surface area contributed by atoms with Crippen LogP contribution >= 0.6 is 0 Å². The van der Waals surface area contributed by atoms with E-state index in [2.05, 4.69) is 53.4 Å². The summed E-state index contributed by atoms with van der Waals surface area (Å²) in [5.74, 6) is 0.608. The Morgan fingerprint density at radius 3 is 2.90 bits per heavy atom. The second kappa shape index (κ2) is 7.84. The smallest absolute Gasteiger partial charge is 0.240 e. The number of hydrogen-bond acceptors (Lipinski definition) is 4. The van der Waals surface area contributed by atoms with Crippen molar-refractivity contribution in [2.75, 3.05) is 18.5 Å². The summed E-state index contributed by atoms with van der Waals surface area (Å²) in [6, 6.07) is 14.3. The monoisotopic (exact) mass is 424 g/mol. The summed E-state index contributed by atoms with van der Waals surface area (Å²) in [4.78, 5) is 0.328. The van der Waals surface area contributed by atoms with E-state index in [4.69, 9.17) is 4.74 Å². The van der Waals surface area contributed by atoms with Gasteiger partial charge in [-0.25, -0.2) is 13.1 Å². The van der Waals surface area contributed by atoms with Crippen LogP contribution in [0.15, 0.2) is 59.5 Å². The molecule has 0 aromatic heterocycles. The molecule has 158 valence electrons. The van der Waals surface area contributed by atoms with E-state index in [-0.39, 0.29) is 18.1 Å². The number of hydrogen-bond donors (Lipinski definition) is 2. The van der Waals surface area contributed by atoms with Crippen LogP contribution < -0.4 is 10.0 Å². The first-order chi connectivity index (χ1) is 14.5. The lowest BCUT2D eigenvalue weighted by Gasteiger charge is -2.37. The van der Waals surface area contributed by atoms with Crippen molar-refractivity contribution in [2.24, 2.45) is 5.92 Å². The summed E-state index contributed by atoms with van der Waals surface area (Å²) < 4.78 is 34.1. The van der Waals surface area contributed by atoms with E-state index in [9.17, 15) is 8.42 Å². The van der Waals surface area contributed by atoms with Gasteiger partial charge in [-0.3, -0.25) is 0 Å². The predicted molar refractivity (Wildman–Crippen MR) is 118 cm³/mol. The maximum absolute atomic E-state index is 12.9. The van der Waals surface area contributed by atoms with Crippen LogP contribution in [0.2, 0.25) is 0 Å². The molecule has 6 heteroatoms. The molecule has 5 nitrogen and oxygen atoms in total. The van der Waals surface area contributed by atoms with Crippen LogP contribution in [0.25, 0.3) is 0 Å². The summed E-state index contributed by atoms with van der Waals surface area (Å²) in [5.41, 5.74) is 4.63. The van der Waals surface area contributed by atoms with Crippen molar-refractivity contribution in [2.45, 2.75) is 49.1 Å². The zero-order chi connectivity index (χ0) is 20.7. The van der Waals surface area contributed by atoms with Gasteiger partial charge in [0, 0.05) is 24.8 Å². The van der Waals surface area contributed by atoms with Gasteiger partial charge < -0.3 is 10.1 Å². The first kappa shape index (κ1) is 19.8. The van der Waals surface area contributed by atoms with Gasteiger partial charge in [0.2, 0.25) is 10.0 Å². The molecule has 2 aromatic carbocycles. The molecule has 3 aliphatic rings. The maximum atomic E-state index is 12.9. The Bertz CT molecular complexity index is 1070. The normalized spacial score (nSPS) is 27.5. The standard InChI is InChI=1S/C24H28N2O3S/c1-16-5-2-6-17(13-16)24-21-9-3-8-20(21)22-14-19(10-11-23(22)26-24)30(27,28)25-15-18-7-4-12-29-18/h2-3,5-6,8,10-11,13-14,18,20-21,24-26H,4,7,9,12,15H2,1H3. The second-order valence-corrected chi connectivity index (χ2v) is 10.4. The fourth-order valence-electron chi connectivity index (χ4n) is 5.02. The molecule has 4 atom stereocenters. The van der Waals surface area contributed by atoms with Crippen LogP contribution in [0.1, 0.15) is 47.9 Å². The van der Waals surface area contributed by atoms with E-state index in [1.165, 1.54) is 11.1 Å². The third-order valence-electron chi connectivity index (χ3n) is 6.57. The highest BCUT2D eigenvalue weighted by Gasteiger charge is 2.38. The Kier molecular flexibility index (Phi) is 5.17. The fourth-order valence-corrected chi connectivity index (χ4v) is 6.13. The molecule has 4 unspecified atom stereocenters. The minimum absolute atomic E-state index is 0.0173. The van der Waals surface area contributed by atoms with Gasteiger partial charge in [-0.05, 0) is 61.4 Å². The SMILES string of the molecule is Cc1cccc(C2Nc3ccc(S(=O)(=O)NCC4CCCO4)cc3C3C=CCC32)c1. The zero-order valence-corrected chi connectivity index (χ0v) is 18.0. The van der Waals surface area contributed by atoms with Crippen LogP contribution in [-0.4, -0.2) is 27.7 Å². The average Bonchev–Trinajstić information content (AvgIpc) is 3.43. The molecule has 0 spiro atoms. The molecule has 2 aliphatic heterocycles. The molecule has 2 N–H and O–H groups in total. The lowest BCUT2D eigenvalue weighted by atomic mass is 9.77. The highest BCUT2D eigenvalue weighted by molar-refractivity contribution is 7.89. The maximum Gasteiger partial charge on any atom is 0.240 e. The summed E-state index contributed by atoms with van der Waals surface area (Å²) in [5, 5.41) is 3.69. The summed E-state index contributed by atoms with van der Waals surface area (Å²) >= 11 is 0. The van der Waals surface area contributed by atoms with E-state index in [0.29, 0.717) is 24.0 Å². The van der Waals surface area contributed by atoms with E-state index in [0.717, 1.165) is 30.5 Å². The van der Waals surface area contributed by atoms with Gasteiger partial charge in [-0.1, -0.05) is 42.0 Å². The predicted octanol–water partition coefficient (Wildman–Crippen LogP) is 4.28. The molecule has 0 saturated carbocycles. The van der Waals surface area contributed by atoms with E-state index in [1.54, 1.807) is 6.07 Å². The Morgan fingerprint density at radius 2 is 2.10 bits per heavy atom. The number of rotatable bonds is 5. The van der Waals surface area contributed by atoms with Crippen molar-refractivity contribution in [1.29, 1.82) is 0 Å². The molecule has 0 amide bonds. The Hall–Kier alpha value is -2.15. The Morgan fingerprint density at radius 1 is 1.20 bits per heavy atom. The van der Waals surface area contributed by atoms with Crippen molar-refractivity contribution in [3.8, 4) is 0 Å². The van der Waals surface area contributed by atoms with Crippen LogP contribution in [0, 0.1) is 12.8 Å². The largest absolute Gasteiger partial charge is 0.378 e. The molecule has 2 heterocycles. The van der Waals surface area contributed by atoms with Gasteiger partial charge in [0.15, 0.2) is 0 Å². The molecule has 0 radical (unpaired) electrons. The Balaban J connectivity index is 1.43. The van der Waals surface area contributed by atoms with E-state index < -0.39 is 10.0 Å². The molecule has 1 saturated heterocycles. The highest BCUT2D eigenvalue weighted by Crippen LogP contribution is 2.50. The first-order valence-corrected chi connectivity index (χ1v) is 12.2. The lowest BCUT2D eigenvalue weighted by Crippen LogP contribution is -2.32. The highest BCUT2D eigenvalue weighted by atomic mass is 32.2. The number of ether oxygens (including phenoxy) is 1. The van der Waals surface area contributed by atoms with Crippen molar-refractivity contribution in [1.82, 2.24) is 4.72 Å². The van der Waals surface area contributed by atoms with Crippen LogP contribution in [-0.2, 0) is 14.8 Å². The fraction of sp³-hybridized carbons (Fsp3) is 0.417. The van der Waals surface area contributed by atoms with Crippen molar-refractivity contribution in [3.63, 3.8) is 0 Å². The molecule has 0 bridgehead atoms. The van der Waals surface area contributed by atoms with Gasteiger partial charge >= 0.3 is 0 Å². The third kappa shape index (κ3) is 3.68. The molecule has 1 fully saturated rings. The average molecular weight is 425 g/mol. The molecule has 2 aromatic rings. The van der Waals surface area contributed by atoms with Crippen LogP contribution in [0.3, 0.4) is 0 Å². The van der Waals surface area contributed by atoms with E-state index >= 15 is 0 Å². The van der Waals surface area contributed by atoms with Gasteiger partial charge in [-0.15, -0.1) is 0 Å². The summed E-state index contributed by atoms with van der Waals surface area (Å²) in [7, 11) is -3.56. The number of fused-ring (bicyclic) bond motifs is 3. The number of benzene rings is 2. The number of aryl methyl sites for hydroxylation is 1. The number of anilines is 1. The molecular formula is C24H28N2O3S. The molecule has 5 rings (SSSR count). The molecule has 1 aliphatic carbocycles. The van der Waals surface area contributed by atoms with Gasteiger partial charge in [0.1, 0.15) is 0 Å². The van der Waals surface area contributed by atoms with Crippen LogP contribution in [0.4, 0.5) is 5.69 Å². The van der Waals surface area contributed by atoms with Gasteiger partial charge in [0.05, 0.1) is 17.0 Å². The summed E-state index contributed by atoms with van der Waals surface area (Å²) in [6.07, 6.45) is 7.34. The molecule has 30 heavy (non-hydrogen) atoms. The minimum atomic E-state index is -3.56. The van der Waals surface area contributed by atoms with Gasteiger partial charge in [-0.2, -0.15) is 0 Å². The second-order valence-electron chi connectivity index (χ2n) is 8.63. The number of sulfonamides is 1. The minimum Gasteiger partial charge on any atom is -0.378 e. The van der Waals surface area contributed by atoms with Crippen molar-refractivity contribution < 1.29 is 13.2 Å².